The summed E-state index contributed by atoms with van der Waals surface area (Å²) in [7, 11) is 1.49. The summed E-state index contributed by atoms with van der Waals surface area (Å²) in [5, 5.41) is 2.85. The molecule has 5 nitrogen and oxygen atoms in total. The van der Waals surface area contributed by atoms with Gasteiger partial charge in [-0.25, -0.2) is 0 Å². The molecule has 0 bridgehead atoms. The number of nitrogens with zero attached hydrogens (tertiary/aromatic N) is 1. The van der Waals surface area contributed by atoms with E-state index in [-0.39, 0.29) is 12.5 Å². The molecule has 5 heteroatoms. The average Bonchev–Trinajstić information content (AvgIpc) is 2.56. The van der Waals surface area contributed by atoms with Crippen LogP contribution in [-0.4, -0.2) is 43.7 Å². The maximum atomic E-state index is 11.8. The lowest BCUT2D eigenvalue weighted by Crippen LogP contribution is -2.40. The summed E-state index contributed by atoms with van der Waals surface area (Å²) in [6.45, 7) is 4.12. The van der Waals surface area contributed by atoms with Crippen LogP contribution in [0.3, 0.4) is 0 Å². The SMILES string of the molecule is COC(CN)C(=O)NCc1ccc(CN2CCCCC2)cc1. The lowest BCUT2D eigenvalue weighted by Gasteiger charge is -2.26. The molecule has 0 aliphatic carbocycles. The van der Waals surface area contributed by atoms with Gasteiger partial charge >= 0.3 is 0 Å². The van der Waals surface area contributed by atoms with Gasteiger partial charge in [0.2, 0.25) is 0 Å². The fraction of sp³-hybridized carbons (Fsp3) is 0.588. The molecule has 1 fully saturated rings. The highest BCUT2D eigenvalue weighted by Gasteiger charge is 2.15. The van der Waals surface area contributed by atoms with Gasteiger partial charge in [-0.2, -0.15) is 0 Å². The Morgan fingerprint density at radius 2 is 1.86 bits per heavy atom. The van der Waals surface area contributed by atoms with Crippen LogP contribution in [0.15, 0.2) is 24.3 Å². The minimum atomic E-state index is -0.571. The van der Waals surface area contributed by atoms with Crippen LogP contribution in [0.1, 0.15) is 30.4 Å². The Bertz CT molecular complexity index is 451. The third kappa shape index (κ3) is 5.09. The number of piperidine rings is 1. The maximum Gasteiger partial charge on any atom is 0.250 e. The van der Waals surface area contributed by atoms with Crippen LogP contribution < -0.4 is 11.1 Å². The fourth-order valence-electron chi connectivity index (χ4n) is 2.75. The Morgan fingerprint density at radius 3 is 2.45 bits per heavy atom. The molecule has 1 aromatic rings. The molecule has 3 N–H and O–H groups in total. The normalized spacial score (nSPS) is 17.2. The Balaban J connectivity index is 1.80. The van der Waals surface area contributed by atoms with Crippen molar-refractivity contribution in [1.29, 1.82) is 0 Å². The second-order valence-electron chi connectivity index (χ2n) is 5.83. The van der Waals surface area contributed by atoms with Gasteiger partial charge in [0.25, 0.3) is 5.91 Å². The summed E-state index contributed by atoms with van der Waals surface area (Å²) in [5.74, 6) is -0.164. The third-order valence-electron chi connectivity index (χ3n) is 4.14. The van der Waals surface area contributed by atoms with E-state index in [1.807, 2.05) is 0 Å². The molecule has 0 spiro atoms. The average molecular weight is 305 g/mol. The standard InChI is InChI=1S/C17H27N3O2/c1-22-16(11-18)17(21)19-12-14-5-7-15(8-6-14)13-20-9-3-2-4-10-20/h5-8,16H,2-4,9-13,18H2,1H3,(H,19,21). The van der Waals surface area contributed by atoms with Crippen LogP contribution in [-0.2, 0) is 22.6 Å². The van der Waals surface area contributed by atoms with Crippen molar-refractivity contribution in [1.82, 2.24) is 10.2 Å². The lowest BCUT2D eigenvalue weighted by molar-refractivity contribution is -0.130. The van der Waals surface area contributed by atoms with Crippen molar-refractivity contribution < 1.29 is 9.53 Å². The van der Waals surface area contributed by atoms with Crippen molar-refractivity contribution in [3.05, 3.63) is 35.4 Å². The number of methoxy groups -OCH3 is 1. The molecule has 1 aliphatic rings. The van der Waals surface area contributed by atoms with Crippen molar-refractivity contribution in [3.8, 4) is 0 Å². The topological polar surface area (TPSA) is 67.6 Å². The number of likely N-dealkylation sites (tertiary alicyclic amines) is 1. The summed E-state index contributed by atoms with van der Waals surface area (Å²) in [6, 6.07) is 8.44. The van der Waals surface area contributed by atoms with Gasteiger partial charge in [-0.05, 0) is 37.1 Å². The van der Waals surface area contributed by atoms with Crippen LogP contribution in [0.4, 0.5) is 0 Å². The maximum absolute atomic E-state index is 11.8. The first-order valence-corrected chi connectivity index (χ1v) is 8.03. The first-order chi connectivity index (χ1) is 10.7. The number of rotatable bonds is 7. The number of hydrogen-bond acceptors (Lipinski definition) is 4. The highest BCUT2D eigenvalue weighted by atomic mass is 16.5. The Labute approximate surface area is 132 Å². The second-order valence-corrected chi connectivity index (χ2v) is 5.83. The molecule has 1 atom stereocenters. The van der Waals surface area contributed by atoms with E-state index in [1.54, 1.807) is 0 Å². The van der Waals surface area contributed by atoms with Gasteiger partial charge in [-0.3, -0.25) is 9.69 Å². The molecule has 1 aromatic carbocycles. The highest BCUT2D eigenvalue weighted by Crippen LogP contribution is 2.13. The van der Waals surface area contributed by atoms with Crippen molar-refractivity contribution >= 4 is 5.91 Å². The Hall–Kier alpha value is -1.43. The first-order valence-electron chi connectivity index (χ1n) is 8.03. The van der Waals surface area contributed by atoms with Gasteiger partial charge in [0.05, 0.1) is 0 Å². The molecule has 1 aliphatic heterocycles. The zero-order valence-electron chi connectivity index (χ0n) is 13.4. The molecule has 2 rings (SSSR count). The minimum Gasteiger partial charge on any atom is -0.370 e. The number of hydrogen-bond donors (Lipinski definition) is 2. The number of nitrogens with two attached hydrogens (primary N) is 1. The predicted molar refractivity (Wildman–Crippen MR) is 87.3 cm³/mol. The summed E-state index contributed by atoms with van der Waals surface area (Å²) in [6.07, 6.45) is 3.41. The summed E-state index contributed by atoms with van der Waals surface area (Å²) >= 11 is 0. The summed E-state index contributed by atoms with van der Waals surface area (Å²) in [4.78, 5) is 14.3. The van der Waals surface area contributed by atoms with Crippen molar-refractivity contribution in [2.45, 2.75) is 38.5 Å². The van der Waals surface area contributed by atoms with E-state index in [2.05, 4.69) is 34.5 Å². The van der Waals surface area contributed by atoms with E-state index in [4.69, 9.17) is 10.5 Å². The van der Waals surface area contributed by atoms with E-state index in [0.29, 0.717) is 6.54 Å². The van der Waals surface area contributed by atoms with Gasteiger partial charge in [-0.1, -0.05) is 30.7 Å². The van der Waals surface area contributed by atoms with E-state index in [1.165, 1.54) is 45.0 Å². The molecule has 1 saturated heterocycles. The number of carbonyl (C=O) groups excluding carboxylic acids is 1. The number of carbonyl (C=O) groups is 1. The monoisotopic (exact) mass is 305 g/mol. The molecular formula is C17H27N3O2. The van der Waals surface area contributed by atoms with E-state index in [9.17, 15) is 4.79 Å². The van der Waals surface area contributed by atoms with Crippen molar-refractivity contribution in [2.24, 2.45) is 5.73 Å². The van der Waals surface area contributed by atoms with Crippen molar-refractivity contribution in [2.75, 3.05) is 26.7 Å². The summed E-state index contributed by atoms with van der Waals surface area (Å²) in [5.41, 5.74) is 7.88. The van der Waals surface area contributed by atoms with Crippen LogP contribution in [0, 0.1) is 0 Å². The number of ether oxygens (including phenoxy) is 1. The Kier molecular flexibility index (Phi) is 6.83. The van der Waals surface area contributed by atoms with E-state index in [0.717, 1.165) is 12.1 Å². The van der Waals surface area contributed by atoms with Crippen molar-refractivity contribution in [3.63, 3.8) is 0 Å². The molecule has 0 aromatic heterocycles. The van der Waals surface area contributed by atoms with Gasteiger partial charge < -0.3 is 15.8 Å². The molecule has 1 heterocycles. The van der Waals surface area contributed by atoms with Crippen LogP contribution >= 0.6 is 0 Å². The third-order valence-corrected chi connectivity index (χ3v) is 4.14. The summed E-state index contributed by atoms with van der Waals surface area (Å²) < 4.78 is 5.01. The van der Waals surface area contributed by atoms with E-state index < -0.39 is 6.10 Å². The first kappa shape index (κ1) is 16.9. The molecule has 0 saturated carbocycles. The van der Waals surface area contributed by atoms with Crippen LogP contribution in [0.25, 0.3) is 0 Å². The van der Waals surface area contributed by atoms with Gasteiger partial charge in [0, 0.05) is 26.7 Å². The number of nitrogens with one attached hydrogen (secondary N) is 1. The molecule has 1 amide bonds. The van der Waals surface area contributed by atoms with Crippen LogP contribution in [0.5, 0.6) is 0 Å². The number of benzene rings is 1. The van der Waals surface area contributed by atoms with Gasteiger partial charge in [0.1, 0.15) is 6.10 Å². The second kappa shape index (κ2) is 8.88. The largest absolute Gasteiger partial charge is 0.370 e. The molecule has 1 unspecified atom stereocenters. The van der Waals surface area contributed by atoms with E-state index >= 15 is 0 Å². The quantitative estimate of drug-likeness (QED) is 0.796. The fourth-order valence-corrected chi connectivity index (χ4v) is 2.75. The van der Waals surface area contributed by atoms with Gasteiger partial charge in [0.15, 0.2) is 0 Å². The minimum absolute atomic E-state index is 0.164. The Morgan fingerprint density at radius 1 is 1.23 bits per heavy atom. The molecule has 22 heavy (non-hydrogen) atoms. The lowest BCUT2D eigenvalue weighted by atomic mass is 10.1. The smallest absolute Gasteiger partial charge is 0.250 e. The molecule has 122 valence electrons. The molecular weight excluding hydrogens is 278 g/mol. The number of amides is 1. The van der Waals surface area contributed by atoms with Gasteiger partial charge in [-0.15, -0.1) is 0 Å². The van der Waals surface area contributed by atoms with Crippen LogP contribution in [0.2, 0.25) is 0 Å². The zero-order valence-corrected chi connectivity index (χ0v) is 13.4. The molecule has 0 radical (unpaired) electrons. The highest BCUT2D eigenvalue weighted by molar-refractivity contribution is 5.80. The zero-order chi connectivity index (χ0) is 15.8. The predicted octanol–water partition coefficient (Wildman–Crippen LogP) is 1.26.